The number of nitro groups is 1. The minimum absolute atomic E-state index is 0.00887. The maximum absolute atomic E-state index is 11.7. The molecule has 1 rings (SSSR count). The van der Waals surface area contributed by atoms with Gasteiger partial charge in [-0.1, -0.05) is 12.2 Å². The molecule has 18 heavy (non-hydrogen) atoms. The van der Waals surface area contributed by atoms with E-state index in [1.165, 1.54) is 18.2 Å². The molecule has 3 N–H and O–H groups in total. The number of hydrogen-bond acceptors (Lipinski definition) is 4. The average Bonchev–Trinajstić information content (AvgIpc) is 2.33. The van der Waals surface area contributed by atoms with E-state index in [0.29, 0.717) is 24.2 Å². The SMILES string of the molecule is Cc1cc(C(=O)NC/C=C/CN)ccc1[N+](=O)[O-]. The van der Waals surface area contributed by atoms with Crippen LogP contribution in [0.2, 0.25) is 0 Å². The van der Waals surface area contributed by atoms with Gasteiger partial charge in [-0.25, -0.2) is 0 Å². The van der Waals surface area contributed by atoms with E-state index in [1.54, 1.807) is 19.1 Å². The number of carbonyl (C=O) groups is 1. The summed E-state index contributed by atoms with van der Waals surface area (Å²) in [4.78, 5) is 21.9. The Labute approximate surface area is 105 Å². The highest BCUT2D eigenvalue weighted by molar-refractivity contribution is 5.94. The zero-order valence-corrected chi connectivity index (χ0v) is 10.1. The van der Waals surface area contributed by atoms with Gasteiger partial charge in [0, 0.05) is 30.3 Å². The van der Waals surface area contributed by atoms with Gasteiger partial charge in [0.15, 0.2) is 0 Å². The molecule has 0 unspecified atom stereocenters. The van der Waals surface area contributed by atoms with Crippen LogP contribution in [0.4, 0.5) is 5.69 Å². The molecule has 1 aromatic rings. The van der Waals surface area contributed by atoms with Gasteiger partial charge in [-0.05, 0) is 19.1 Å². The number of amides is 1. The van der Waals surface area contributed by atoms with Crippen molar-refractivity contribution in [3.63, 3.8) is 0 Å². The smallest absolute Gasteiger partial charge is 0.272 e. The largest absolute Gasteiger partial charge is 0.349 e. The fourth-order valence-electron chi connectivity index (χ4n) is 1.43. The van der Waals surface area contributed by atoms with Crippen molar-refractivity contribution in [3.05, 3.63) is 51.6 Å². The summed E-state index contributed by atoms with van der Waals surface area (Å²) in [6.07, 6.45) is 3.48. The molecule has 0 aliphatic heterocycles. The molecule has 0 bridgehead atoms. The first-order chi connectivity index (χ1) is 8.56. The highest BCUT2D eigenvalue weighted by Gasteiger charge is 2.12. The van der Waals surface area contributed by atoms with E-state index in [2.05, 4.69) is 5.32 Å². The number of nitrogens with one attached hydrogen (secondary N) is 1. The predicted molar refractivity (Wildman–Crippen MR) is 68.4 cm³/mol. The molecule has 0 aliphatic rings. The van der Waals surface area contributed by atoms with Crippen LogP contribution in [0, 0.1) is 17.0 Å². The lowest BCUT2D eigenvalue weighted by atomic mass is 10.1. The van der Waals surface area contributed by atoms with Crippen LogP contribution in [0.15, 0.2) is 30.4 Å². The molecule has 0 heterocycles. The Balaban J connectivity index is 2.72. The third-order valence-electron chi connectivity index (χ3n) is 2.34. The Morgan fingerprint density at radius 3 is 2.78 bits per heavy atom. The summed E-state index contributed by atoms with van der Waals surface area (Å²) in [5, 5.41) is 13.3. The zero-order chi connectivity index (χ0) is 13.5. The Morgan fingerprint density at radius 1 is 1.50 bits per heavy atom. The monoisotopic (exact) mass is 249 g/mol. The molecule has 1 aromatic carbocycles. The van der Waals surface area contributed by atoms with Crippen molar-refractivity contribution in [1.29, 1.82) is 0 Å². The molecule has 0 aromatic heterocycles. The number of nitrogens with zero attached hydrogens (tertiary/aromatic N) is 1. The summed E-state index contributed by atoms with van der Waals surface area (Å²) in [5.74, 6) is -0.269. The minimum atomic E-state index is -0.471. The van der Waals surface area contributed by atoms with Crippen molar-refractivity contribution >= 4 is 11.6 Å². The van der Waals surface area contributed by atoms with Gasteiger partial charge in [-0.3, -0.25) is 14.9 Å². The second-order valence-electron chi connectivity index (χ2n) is 3.68. The Morgan fingerprint density at radius 2 is 2.22 bits per heavy atom. The Kier molecular flexibility index (Phi) is 5.01. The van der Waals surface area contributed by atoms with Gasteiger partial charge >= 0.3 is 0 Å². The van der Waals surface area contributed by atoms with Crippen molar-refractivity contribution in [1.82, 2.24) is 5.32 Å². The summed E-state index contributed by atoms with van der Waals surface area (Å²) in [7, 11) is 0. The molecular formula is C12H15N3O3. The predicted octanol–water partition coefficient (Wildman–Crippen LogP) is 1.15. The highest BCUT2D eigenvalue weighted by atomic mass is 16.6. The molecule has 0 fully saturated rings. The van der Waals surface area contributed by atoms with Crippen LogP contribution in [-0.2, 0) is 0 Å². The first-order valence-electron chi connectivity index (χ1n) is 5.44. The van der Waals surface area contributed by atoms with Crippen LogP contribution in [0.1, 0.15) is 15.9 Å². The average molecular weight is 249 g/mol. The van der Waals surface area contributed by atoms with E-state index in [-0.39, 0.29) is 11.6 Å². The van der Waals surface area contributed by atoms with Crippen molar-refractivity contribution in [2.24, 2.45) is 5.73 Å². The van der Waals surface area contributed by atoms with Gasteiger partial charge in [0.1, 0.15) is 0 Å². The Bertz CT molecular complexity index is 483. The number of benzene rings is 1. The summed E-state index contributed by atoms with van der Waals surface area (Å²) in [6.45, 7) is 2.40. The van der Waals surface area contributed by atoms with Gasteiger partial charge in [0.25, 0.3) is 11.6 Å². The molecule has 6 heteroatoms. The number of aryl methyl sites for hydroxylation is 1. The number of carbonyl (C=O) groups excluding carboxylic acids is 1. The minimum Gasteiger partial charge on any atom is -0.349 e. The second kappa shape index (κ2) is 6.51. The van der Waals surface area contributed by atoms with Gasteiger partial charge in [0.2, 0.25) is 0 Å². The maximum atomic E-state index is 11.7. The molecule has 0 saturated carbocycles. The zero-order valence-electron chi connectivity index (χ0n) is 10.1. The van der Waals surface area contributed by atoms with E-state index in [1.807, 2.05) is 0 Å². The highest BCUT2D eigenvalue weighted by Crippen LogP contribution is 2.18. The summed E-state index contributed by atoms with van der Waals surface area (Å²) in [5.41, 5.74) is 6.13. The van der Waals surface area contributed by atoms with Gasteiger partial charge in [-0.2, -0.15) is 0 Å². The molecule has 6 nitrogen and oxygen atoms in total. The standard InChI is InChI=1S/C12H15N3O3/c1-9-8-10(4-5-11(9)15(17)18)12(16)14-7-3-2-6-13/h2-5,8H,6-7,13H2,1H3,(H,14,16)/b3-2+. The summed E-state index contributed by atoms with van der Waals surface area (Å²) in [6, 6.07) is 4.27. The topological polar surface area (TPSA) is 98.3 Å². The number of nitro benzene ring substituents is 1. The van der Waals surface area contributed by atoms with Crippen molar-refractivity contribution < 1.29 is 9.72 Å². The molecule has 0 aliphatic carbocycles. The summed E-state index contributed by atoms with van der Waals surface area (Å²) < 4.78 is 0. The molecule has 96 valence electrons. The third-order valence-corrected chi connectivity index (χ3v) is 2.34. The molecule has 0 spiro atoms. The van der Waals surface area contributed by atoms with E-state index in [0.717, 1.165) is 0 Å². The van der Waals surface area contributed by atoms with E-state index in [4.69, 9.17) is 5.73 Å². The number of hydrogen-bond donors (Lipinski definition) is 2. The van der Waals surface area contributed by atoms with Crippen molar-refractivity contribution in [2.75, 3.05) is 13.1 Å². The number of rotatable bonds is 5. The van der Waals surface area contributed by atoms with Crippen LogP contribution in [-0.4, -0.2) is 23.9 Å². The van der Waals surface area contributed by atoms with E-state index in [9.17, 15) is 14.9 Å². The van der Waals surface area contributed by atoms with E-state index < -0.39 is 4.92 Å². The van der Waals surface area contributed by atoms with Crippen LogP contribution in [0.5, 0.6) is 0 Å². The first-order valence-corrected chi connectivity index (χ1v) is 5.44. The van der Waals surface area contributed by atoms with Gasteiger partial charge < -0.3 is 11.1 Å². The molecule has 0 atom stereocenters. The van der Waals surface area contributed by atoms with Crippen LogP contribution in [0.3, 0.4) is 0 Å². The number of nitrogens with two attached hydrogens (primary N) is 1. The van der Waals surface area contributed by atoms with Gasteiger partial charge in [-0.15, -0.1) is 0 Å². The Hall–Kier alpha value is -2.21. The molecule has 1 amide bonds. The lowest BCUT2D eigenvalue weighted by molar-refractivity contribution is -0.385. The van der Waals surface area contributed by atoms with Crippen LogP contribution >= 0.6 is 0 Å². The quantitative estimate of drug-likeness (QED) is 0.464. The second-order valence-corrected chi connectivity index (χ2v) is 3.68. The maximum Gasteiger partial charge on any atom is 0.272 e. The summed E-state index contributed by atoms with van der Waals surface area (Å²) >= 11 is 0. The fraction of sp³-hybridized carbons (Fsp3) is 0.250. The van der Waals surface area contributed by atoms with Gasteiger partial charge in [0.05, 0.1) is 4.92 Å². The lowest BCUT2D eigenvalue weighted by Gasteiger charge is -2.03. The first kappa shape index (κ1) is 13.9. The molecule has 0 saturated heterocycles. The third kappa shape index (κ3) is 3.67. The van der Waals surface area contributed by atoms with Crippen LogP contribution in [0.25, 0.3) is 0 Å². The lowest BCUT2D eigenvalue weighted by Crippen LogP contribution is -2.23. The van der Waals surface area contributed by atoms with Crippen molar-refractivity contribution in [2.45, 2.75) is 6.92 Å². The molecule has 0 radical (unpaired) electrons. The fourth-order valence-corrected chi connectivity index (χ4v) is 1.43. The normalized spacial score (nSPS) is 10.6. The van der Waals surface area contributed by atoms with Crippen LogP contribution < -0.4 is 11.1 Å². The van der Waals surface area contributed by atoms with E-state index >= 15 is 0 Å². The van der Waals surface area contributed by atoms with Crippen molar-refractivity contribution in [3.8, 4) is 0 Å². The molecular weight excluding hydrogens is 234 g/mol.